The van der Waals surface area contributed by atoms with Gasteiger partial charge in [0.2, 0.25) is 5.91 Å². The molecule has 1 aromatic carbocycles. The maximum Gasteiger partial charge on any atom is 0.241 e. The fraction of sp³-hybridized carbons (Fsp3) is 0.261. The number of pyridine rings is 2. The highest BCUT2D eigenvalue weighted by Gasteiger charge is 2.22. The van der Waals surface area contributed by atoms with Crippen LogP contribution in [0.15, 0.2) is 73.3 Å². The van der Waals surface area contributed by atoms with E-state index in [1.54, 1.807) is 31.9 Å². The van der Waals surface area contributed by atoms with Crippen molar-refractivity contribution in [3.05, 3.63) is 90.0 Å². The standard InChI is InChI=1S/C23H26N4O2/c1-29-21-5-3-2-4-20(21)22(26-16-10-18-6-12-24-13-7-18)23(28)27-17-11-19-8-14-25-15-9-19/h2-9,12-15,22,26H,10-11,16-17H2,1H3,(H,27,28). The number of nitrogens with one attached hydrogen (secondary N) is 2. The van der Waals surface area contributed by atoms with E-state index >= 15 is 0 Å². The van der Waals surface area contributed by atoms with Crippen molar-refractivity contribution in [2.24, 2.45) is 0 Å². The summed E-state index contributed by atoms with van der Waals surface area (Å²) in [5, 5.41) is 6.43. The molecule has 0 spiro atoms. The molecule has 0 aliphatic rings. The summed E-state index contributed by atoms with van der Waals surface area (Å²) < 4.78 is 5.48. The zero-order valence-corrected chi connectivity index (χ0v) is 16.5. The second-order valence-electron chi connectivity index (χ2n) is 6.63. The van der Waals surface area contributed by atoms with Gasteiger partial charge in [0, 0.05) is 43.4 Å². The van der Waals surface area contributed by atoms with Gasteiger partial charge in [-0.3, -0.25) is 14.8 Å². The summed E-state index contributed by atoms with van der Waals surface area (Å²) in [4.78, 5) is 21.1. The summed E-state index contributed by atoms with van der Waals surface area (Å²) in [5.41, 5.74) is 3.13. The predicted octanol–water partition coefficient (Wildman–Crippen LogP) is 2.72. The monoisotopic (exact) mass is 390 g/mol. The number of para-hydroxylation sites is 1. The smallest absolute Gasteiger partial charge is 0.241 e. The Kier molecular flexibility index (Phi) is 7.72. The van der Waals surface area contributed by atoms with Crippen LogP contribution in [-0.2, 0) is 17.6 Å². The quantitative estimate of drug-likeness (QED) is 0.557. The maximum absolute atomic E-state index is 13.0. The van der Waals surface area contributed by atoms with Crippen molar-refractivity contribution in [1.82, 2.24) is 20.6 Å². The van der Waals surface area contributed by atoms with Crippen LogP contribution in [0.25, 0.3) is 0 Å². The van der Waals surface area contributed by atoms with E-state index in [9.17, 15) is 4.79 Å². The first-order valence-corrected chi connectivity index (χ1v) is 9.69. The zero-order valence-electron chi connectivity index (χ0n) is 16.5. The van der Waals surface area contributed by atoms with Gasteiger partial charge in [-0.2, -0.15) is 0 Å². The van der Waals surface area contributed by atoms with E-state index in [1.807, 2.05) is 48.5 Å². The Labute approximate surface area is 171 Å². The molecule has 2 N–H and O–H groups in total. The van der Waals surface area contributed by atoms with Gasteiger partial charge in [-0.25, -0.2) is 0 Å². The number of carbonyl (C=O) groups is 1. The number of amides is 1. The SMILES string of the molecule is COc1ccccc1C(NCCc1ccncc1)C(=O)NCCc1ccncc1. The lowest BCUT2D eigenvalue weighted by Gasteiger charge is -2.21. The molecule has 0 saturated carbocycles. The number of carbonyl (C=O) groups excluding carboxylic acids is 1. The Bertz CT molecular complexity index is 888. The van der Waals surface area contributed by atoms with Crippen LogP contribution in [0, 0.1) is 0 Å². The molecule has 3 aromatic rings. The second kappa shape index (κ2) is 10.9. The second-order valence-corrected chi connectivity index (χ2v) is 6.63. The number of ether oxygens (including phenoxy) is 1. The highest BCUT2D eigenvalue weighted by atomic mass is 16.5. The van der Waals surface area contributed by atoms with Crippen molar-refractivity contribution in [3.8, 4) is 5.75 Å². The van der Waals surface area contributed by atoms with Gasteiger partial charge in [0.05, 0.1) is 7.11 Å². The Morgan fingerprint density at radius 3 is 2.10 bits per heavy atom. The number of hydrogen-bond donors (Lipinski definition) is 2. The molecule has 6 nitrogen and oxygen atoms in total. The Morgan fingerprint density at radius 1 is 0.897 bits per heavy atom. The first-order valence-electron chi connectivity index (χ1n) is 9.69. The van der Waals surface area contributed by atoms with E-state index in [4.69, 9.17) is 4.74 Å². The van der Waals surface area contributed by atoms with Crippen molar-refractivity contribution in [1.29, 1.82) is 0 Å². The molecule has 2 aromatic heterocycles. The van der Waals surface area contributed by atoms with Crippen molar-refractivity contribution in [2.75, 3.05) is 20.2 Å². The molecule has 1 unspecified atom stereocenters. The largest absolute Gasteiger partial charge is 0.496 e. The fourth-order valence-corrected chi connectivity index (χ4v) is 3.14. The van der Waals surface area contributed by atoms with E-state index in [-0.39, 0.29) is 5.91 Å². The molecule has 29 heavy (non-hydrogen) atoms. The number of methoxy groups -OCH3 is 1. The topological polar surface area (TPSA) is 76.1 Å². The van der Waals surface area contributed by atoms with Crippen molar-refractivity contribution in [3.63, 3.8) is 0 Å². The highest BCUT2D eigenvalue weighted by Crippen LogP contribution is 2.25. The first-order chi connectivity index (χ1) is 14.3. The third-order valence-electron chi connectivity index (χ3n) is 4.69. The van der Waals surface area contributed by atoms with Crippen LogP contribution >= 0.6 is 0 Å². The van der Waals surface area contributed by atoms with E-state index in [0.29, 0.717) is 18.8 Å². The zero-order chi connectivity index (χ0) is 20.3. The van der Waals surface area contributed by atoms with Crippen LogP contribution in [0.1, 0.15) is 22.7 Å². The highest BCUT2D eigenvalue weighted by molar-refractivity contribution is 5.84. The lowest BCUT2D eigenvalue weighted by molar-refractivity contribution is -0.123. The molecule has 1 amide bonds. The minimum Gasteiger partial charge on any atom is -0.496 e. The van der Waals surface area contributed by atoms with Gasteiger partial charge in [-0.1, -0.05) is 18.2 Å². The lowest BCUT2D eigenvalue weighted by Crippen LogP contribution is -2.39. The predicted molar refractivity (Wildman–Crippen MR) is 113 cm³/mol. The van der Waals surface area contributed by atoms with Gasteiger partial charge in [-0.15, -0.1) is 0 Å². The third-order valence-corrected chi connectivity index (χ3v) is 4.69. The molecule has 0 aliphatic carbocycles. The van der Waals surface area contributed by atoms with Crippen molar-refractivity contribution >= 4 is 5.91 Å². The van der Waals surface area contributed by atoms with Crippen molar-refractivity contribution < 1.29 is 9.53 Å². The summed E-state index contributed by atoms with van der Waals surface area (Å²) in [5.74, 6) is 0.622. The molecular formula is C23H26N4O2. The minimum absolute atomic E-state index is 0.0710. The maximum atomic E-state index is 13.0. The van der Waals surface area contributed by atoms with Gasteiger partial charge >= 0.3 is 0 Å². The molecule has 6 heteroatoms. The third kappa shape index (κ3) is 6.12. The summed E-state index contributed by atoms with van der Waals surface area (Å²) in [6, 6.07) is 15.0. The Balaban J connectivity index is 1.65. The molecule has 150 valence electrons. The number of rotatable bonds is 10. The molecule has 0 bridgehead atoms. The van der Waals surface area contributed by atoms with E-state index in [1.165, 1.54) is 5.56 Å². The average molecular weight is 390 g/mol. The average Bonchev–Trinajstić information content (AvgIpc) is 2.78. The fourth-order valence-electron chi connectivity index (χ4n) is 3.14. The van der Waals surface area contributed by atoms with Gasteiger partial charge in [-0.05, 0) is 54.3 Å². The Hall–Kier alpha value is -3.25. The van der Waals surface area contributed by atoms with E-state index in [0.717, 1.165) is 24.0 Å². The summed E-state index contributed by atoms with van der Waals surface area (Å²) in [6.07, 6.45) is 8.63. The lowest BCUT2D eigenvalue weighted by atomic mass is 10.0. The first kappa shape index (κ1) is 20.5. The van der Waals surface area contributed by atoms with Crippen LogP contribution in [0.3, 0.4) is 0 Å². The van der Waals surface area contributed by atoms with E-state index < -0.39 is 6.04 Å². The van der Waals surface area contributed by atoms with E-state index in [2.05, 4.69) is 20.6 Å². The van der Waals surface area contributed by atoms with Crippen LogP contribution in [-0.4, -0.2) is 36.1 Å². The van der Waals surface area contributed by atoms with Crippen LogP contribution in [0.4, 0.5) is 0 Å². The molecule has 2 heterocycles. The number of hydrogen-bond acceptors (Lipinski definition) is 5. The van der Waals surface area contributed by atoms with Gasteiger partial charge in [0.15, 0.2) is 0 Å². The van der Waals surface area contributed by atoms with Crippen LogP contribution in [0.5, 0.6) is 5.75 Å². The van der Waals surface area contributed by atoms with Gasteiger partial charge in [0.25, 0.3) is 0 Å². The molecule has 0 radical (unpaired) electrons. The van der Waals surface area contributed by atoms with Crippen molar-refractivity contribution in [2.45, 2.75) is 18.9 Å². The normalized spacial score (nSPS) is 11.6. The molecule has 0 fully saturated rings. The van der Waals surface area contributed by atoms with Crippen LogP contribution in [0.2, 0.25) is 0 Å². The molecular weight excluding hydrogens is 364 g/mol. The minimum atomic E-state index is -0.495. The summed E-state index contributed by atoms with van der Waals surface area (Å²) in [6.45, 7) is 1.21. The van der Waals surface area contributed by atoms with Gasteiger partial charge in [0.1, 0.15) is 11.8 Å². The van der Waals surface area contributed by atoms with Gasteiger partial charge < -0.3 is 15.4 Å². The number of benzene rings is 1. The molecule has 3 rings (SSSR count). The number of aromatic nitrogens is 2. The summed E-state index contributed by atoms with van der Waals surface area (Å²) in [7, 11) is 1.62. The van der Waals surface area contributed by atoms with Crippen LogP contribution < -0.4 is 15.4 Å². The summed E-state index contributed by atoms with van der Waals surface area (Å²) >= 11 is 0. The Morgan fingerprint density at radius 2 is 1.48 bits per heavy atom. The molecule has 0 aliphatic heterocycles. The molecule has 0 saturated heterocycles. The number of nitrogens with zero attached hydrogens (tertiary/aromatic N) is 2. The molecule has 1 atom stereocenters.